The van der Waals surface area contributed by atoms with Gasteiger partial charge >= 0.3 is 0 Å². The van der Waals surface area contributed by atoms with E-state index in [0.717, 1.165) is 11.1 Å². The minimum absolute atomic E-state index is 0.185. The van der Waals surface area contributed by atoms with Crippen LogP contribution in [0.4, 0.5) is 4.39 Å². The van der Waals surface area contributed by atoms with Crippen LogP contribution in [-0.2, 0) is 0 Å². The van der Waals surface area contributed by atoms with Crippen molar-refractivity contribution >= 4 is 0 Å². The summed E-state index contributed by atoms with van der Waals surface area (Å²) in [4.78, 5) is 0. The Bertz CT molecular complexity index is 529. The first-order chi connectivity index (χ1) is 8.58. The first kappa shape index (κ1) is 12.8. The maximum Gasteiger partial charge on any atom is 0.123 e. The average Bonchev–Trinajstić information content (AvgIpc) is 2.38. The lowest BCUT2D eigenvalue weighted by Gasteiger charge is -2.17. The molecule has 1 heteroatoms. The Balaban J connectivity index is 2.38. The number of hydrogen-bond donors (Lipinski definition) is 0. The molecule has 0 nitrogen and oxygen atoms in total. The molecule has 2 aromatic carbocycles. The molecule has 0 aromatic heterocycles. The van der Waals surface area contributed by atoms with Crippen molar-refractivity contribution < 1.29 is 4.39 Å². The van der Waals surface area contributed by atoms with Crippen LogP contribution in [-0.4, -0.2) is 0 Å². The largest absolute Gasteiger partial charge is 0.207 e. The Kier molecular flexibility index (Phi) is 3.81. The Labute approximate surface area is 108 Å². The van der Waals surface area contributed by atoms with E-state index >= 15 is 0 Å². The number of rotatable bonds is 3. The molecule has 0 N–H and O–H groups in total. The van der Waals surface area contributed by atoms with Gasteiger partial charge in [0.05, 0.1) is 0 Å². The predicted molar refractivity (Wildman–Crippen MR) is 75.1 cm³/mol. The smallest absolute Gasteiger partial charge is 0.123 e. The van der Waals surface area contributed by atoms with Gasteiger partial charge < -0.3 is 0 Å². The third-order valence-corrected chi connectivity index (χ3v) is 3.57. The Hall–Kier alpha value is -1.63. The highest BCUT2D eigenvalue weighted by Gasteiger charge is 2.10. The summed E-state index contributed by atoms with van der Waals surface area (Å²) in [5.41, 5.74) is 3.33. The Morgan fingerprint density at radius 2 is 1.44 bits per heavy atom. The number of halogens is 1. The Morgan fingerprint density at radius 1 is 0.833 bits per heavy atom. The lowest BCUT2D eigenvalue weighted by Crippen LogP contribution is -2.01. The van der Waals surface area contributed by atoms with Gasteiger partial charge in [-0.3, -0.25) is 0 Å². The first-order valence-electron chi connectivity index (χ1n) is 6.44. The molecule has 0 fully saturated rings. The van der Waals surface area contributed by atoms with E-state index in [4.69, 9.17) is 0 Å². The zero-order valence-electron chi connectivity index (χ0n) is 11.2. The average molecular weight is 242 g/mol. The van der Waals surface area contributed by atoms with Gasteiger partial charge in [-0.05, 0) is 40.7 Å². The summed E-state index contributed by atoms with van der Waals surface area (Å²) in [6.07, 6.45) is 0. The molecule has 2 aromatic rings. The minimum atomic E-state index is -0.185. The molecule has 0 aliphatic carbocycles. The molecule has 0 saturated carbocycles. The molecule has 0 amide bonds. The Morgan fingerprint density at radius 3 is 2.06 bits per heavy atom. The quantitative estimate of drug-likeness (QED) is 0.689. The second-order valence-corrected chi connectivity index (χ2v) is 5.17. The summed E-state index contributed by atoms with van der Waals surface area (Å²) in [6, 6.07) is 15.2. The SMILES string of the molecule is CC(C)C(C)c1cccc(-c2cccc(F)c2)c1. The summed E-state index contributed by atoms with van der Waals surface area (Å²) in [5, 5.41) is 0. The normalized spacial score (nSPS) is 12.7. The van der Waals surface area contributed by atoms with Crippen molar-refractivity contribution in [2.24, 2.45) is 5.92 Å². The van der Waals surface area contributed by atoms with Crippen molar-refractivity contribution in [1.82, 2.24) is 0 Å². The van der Waals surface area contributed by atoms with Crippen molar-refractivity contribution in [2.75, 3.05) is 0 Å². The molecule has 1 unspecified atom stereocenters. The summed E-state index contributed by atoms with van der Waals surface area (Å²) in [5.74, 6) is 0.932. The van der Waals surface area contributed by atoms with Gasteiger partial charge in [-0.1, -0.05) is 57.2 Å². The van der Waals surface area contributed by atoms with Crippen LogP contribution in [0.5, 0.6) is 0 Å². The number of benzene rings is 2. The standard InChI is InChI=1S/C17H19F/c1-12(2)13(3)14-6-4-7-15(10-14)16-8-5-9-17(18)11-16/h4-13H,1-3H3. The molecule has 0 aliphatic rings. The van der Waals surface area contributed by atoms with E-state index < -0.39 is 0 Å². The van der Waals surface area contributed by atoms with Crippen LogP contribution in [0.3, 0.4) is 0 Å². The topological polar surface area (TPSA) is 0 Å². The maximum atomic E-state index is 13.2. The van der Waals surface area contributed by atoms with Gasteiger partial charge in [-0.2, -0.15) is 0 Å². The van der Waals surface area contributed by atoms with E-state index in [9.17, 15) is 4.39 Å². The molecule has 2 rings (SSSR count). The molecule has 0 spiro atoms. The molecule has 18 heavy (non-hydrogen) atoms. The van der Waals surface area contributed by atoms with E-state index in [1.807, 2.05) is 12.1 Å². The third-order valence-electron chi connectivity index (χ3n) is 3.57. The van der Waals surface area contributed by atoms with Crippen LogP contribution in [0.2, 0.25) is 0 Å². The molecule has 0 saturated heterocycles. The highest BCUT2D eigenvalue weighted by molar-refractivity contribution is 5.64. The van der Waals surface area contributed by atoms with Gasteiger partial charge in [0, 0.05) is 0 Å². The van der Waals surface area contributed by atoms with E-state index in [1.165, 1.54) is 11.6 Å². The van der Waals surface area contributed by atoms with Gasteiger partial charge in [-0.25, -0.2) is 4.39 Å². The van der Waals surface area contributed by atoms with E-state index in [0.29, 0.717) is 11.8 Å². The molecular weight excluding hydrogens is 223 g/mol. The highest BCUT2D eigenvalue weighted by atomic mass is 19.1. The van der Waals surface area contributed by atoms with Crippen molar-refractivity contribution in [3.8, 4) is 11.1 Å². The zero-order chi connectivity index (χ0) is 13.1. The van der Waals surface area contributed by atoms with E-state index in [-0.39, 0.29) is 5.82 Å². The molecule has 0 bridgehead atoms. The fourth-order valence-corrected chi connectivity index (χ4v) is 2.05. The summed E-state index contributed by atoms with van der Waals surface area (Å²) in [6.45, 7) is 6.68. The van der Waals surface area contributed by atoms with Gasteiger partial charge in [0.15, 0.2) is 0 Å². The second-order valence-electron chi connectivity index (χ2n) is 5.17. The zero-order valence-corrected chi connectivity index (χ0v) is 11.2. The van der Waals surface area contributed by atoms with Gasteiger partial charge in [0.1, 0.15) is 5.82 Å². The first-order valence-corrected chi connectivity index (χ1v) is 6.44. The molecular formula is C17H19F. The molecule has 94 valence electrons. The second kappa shape index (κ2) is 5.34. The molecule has 0 heterocycles. The fraction of sp³-hybridized carbons (Fsp3) is 0.294. The lowest BCUT2D eigenvalue weighted by molar-refractivity contribution is 0.535. The van der Waals surface area contributed by atoms with Crippen LogP contribution in [0.15, 0.2) is 48.5 Å². The molecule has 0 radical (unpaired) electrons. The van der Waals surface area contributed by atoms with Gasteiger partial charge in [0.25, 0.3) is 0 Å². The predicted octanol–water partition coefficient (Wildman–Crippen LogP) is 5.25. The van der Waals surface area contributed by atoms with Crippen LogP contribution in [0.1, 0.15) is 32.3 Å². The van der Waals surface area contributed by atoms with Crippen molar-refractivity contribution in [3.05, 3.63) is 59.9 Å². The van der Waals surface area contributed by atoms with E-state index in [1.54, 1.807) is 12.1 Å². The lowest BCUT2D eigenvalue weighted by atomic mass is 9.88. The van der Waals surface area contributed by atoms with Crippen LogP contribution in [0.25, 0.3) is 11.1 Å². The fourth-order valence-electron chi connectivity index (χ4n) is 2.05. The number of hydrogen-bond acceptors (Lipinski definition) is 0. The third kappa shape index (κ3) is 2.79. The van der Waals surface area contributed by atoms with Crippen molar-refractivity contribution in [2.45, 2.75) is 26.7 Å². The van der Waals surface area contributed by atoms with Crippen LogP contribution in [0, 0.1) is 11.7 Å². The maximum absolute atomic E-state index is 13.2. The molecule has 0 aliphatic heterocycles. The van der Waals surface area contributed by atoms with Gasteiger partial charge in [0.2, 0.25) is 0 Å². The van der Waals surface area contributed by atoms with Crippen molar-refractivity contribution in [1.29, 1.82) is 0 Å². The van der Waals surface area contributed by atoms with E-state index in [2.05, 4.69) is 39.0 Å². The van der Waals surface area contributed by atoms with Crippen LogP contribution < -0.4 is 0 Å². The van der Waals surface area contributed by atoms with Gasteiger partial charge in [-0.15, -0.1) is 0 Å². The minimum Gasteiger partial charge on any atom is -0.207 e. The summed E-state index contributed by atoms with van der Waals surface area (Å²) in [7, 11) is 0. The summed E-state index contributed by atoms with van der Waals surface area (Å²) >= 11 is 0. The molecule has 1 atom stereocenters. The van der Waals surface area contributed by atoms with Crippen LogP contribution >= 0.6 is 0 Å². The monoisotopic (exact) mass is 242 g/mol. The highest BCUT2D eigenvalue weighted by Crippen LogP contribution is 2.28. The van der Waals surface area contributed by atoms with Crippen molar-refractivity contribution in [3.63, 3.8) is 0 Å². The summed E-state index contributed by atoms with van der Waals surface area (Å²) < 4.78 is 13.2.